The Hall–Kier alpha value is -1.16. The van der Waals surface area contributed by atoms with Gasteiger partial charge in [0.05, 0.1) is 6.61 Å². The second-order valence-electron chi connectivity index (χ2n) is 5.27. The van der Waals surface area contributed by atoms with Crippen LogP contribution in [0.4, 0.5) is 0 Å². The minimum Gasteiger partial charge on any atom is -0.505 e. The number of carbonyl (C=O) groups is 1. The Morgan fingerprint density at radius 1 is 1.30 bits per heavy atom. The molecule has 11 heteroatoms. The fourth-order valence-electron chi connectivity index (χ4n) is 2.15. The van der Waals surface area contributed by atoms with Crippen LogP contribution in [0.1, 0.15) is 32.1 Å². The highest BCUT2D eigenvalue weighted by Gasteiger charge is 2.42. The lowest BCUT2D eigenvalue weighted by Crippen LogP contribution is -2.31. The molecule has 7 N–H and O–H groups in total. The first kappa shape index (κ1) is 19.9. The van der Waals surface area contributed by atoms with Crippen molar-refractivity contribution in [2.24, 2.45) is 5.73 Å². The molecular formula is C12H22NO9P. The summed E-state index contributed by atoms with van der Waals surface area (Å²) in [4.78, 5) is 27.8. The summed E-state index contributed by atoms with van der Waals surface area (Å²) in [6.07, 6.45) is 3.46. The molecule has 0 radical (unpaired) electrons. The number of phosphoric acid groups is 1. The first-order chi connectivity index (χ1) is 10.7. The Kier molecular flexibility index (Phi) is 7.46. The van der Waals surface area contributed by atoms with Crippen molar-refractivity contribution in [2.45, 2.75) is 50.4 Å². The van der Waals surface area contributed by atoms with E-state index >= 15 is 0 Å². The Morgan fingerprint density at radius 3 is 2.26 bits per heavy atom. The molecule has 0 saturated heterocycles. The van der Waals surface area contributed by atoms with Crippen molar-refractivity contribution in [3.8, 4) is 0 Å². The summed E-state index contributed by atoms with van der Waals surface area (Å²) in [6, 6.07) is 0.536. The highest BCUT2D eigenvalue weighted by atomic mass is 31.2. The Balaban J connectivity index is 0.000000313. The summed E-state index contributed by atoms with van der Waals surface area (Å²) in [6.45, 7) is -0.814. The number of aliphatic hydroxyl groups excluding tert-OH is 3. The van der Waals surface area contributed by atoms with Gasteiger partial charge in [0.1, 0.15) is 6.10 Å². The van der Waals surface area contributed by atoms with Gasteiger partial charge in [0.2, 0.25) is 0 Å². The second kappa shape index (κ2) is 8.62. The van der Waals surface area contributed by atoms with E-state index < -0.39 is 44.1 Å². The third-order valence-corrected chi connectivity index (χ3v) is 3.74. The summed E-state index contributed by atoms with van der Waals surface area (Å²) in [5.41, 5.74) is 5.63. The lowest BCUT2D eigenvalue weighted by Gasteiger charge is -2.15. The number of cyclic esters (lactones) is 1. The van der Waals surface area contributed by atoms with E-state index in [-0.39, 0.29) is 0 Å². The number of rotatable bonds is 4. The molecule has 134 valence electrons. The smallest absolute Gasteiger partial charge is 0.505 e. The van der Waals surface area contributed by atoms with Crippen LogP contribution >= 0.6 is 7.82 Å². The molecule has 1 aliphatic carbocycles. The first-order valence-corrected chi connectivity index (χ1v) is 8.62. The largest absolute Gasteiger partial charge is 0.525 e. The Labute approximate surface area is 132 Å². The Bertz CT molecular complexity index is 483. The van der Waals surface area contributed by atoms with Crippen LogP contribution in [0, 0.1) is 0 Å². The number of carbonyl (C=O) groups excluding carboxylic acids is 1. The monoisotopic (exact) mass is 361 g/mol. The summed E-state index contributed by atoms with van der Waals surface area (Å²) in [7, 11) is -5.02. The van der Waals surface area contributed by atoms with Crippen molar-refractivity contribution in [1.29, 1.82) is 0 Å². The first-order valence-electron chi connectivity index (χ1n) is 7.09. The number of hydrogen-bond acceptors (Lipinski definition) is 8. The van der Waals surface area contributed by atoms with Gasteiger partial charge >= 0.3 is 13.8 Å². The van der Waals surface area contributed by atoms with E-state index in [1.165, 1.54) is 32.1 Å². The van der Waals surface area contributed by atoms with Crippen LogP contribution in [0.5, 0.6) is 0 Å². The topological polar surface area (TPSA) is 180 Å². The van der Waals surface area contributed by atoms with Gasteiger partial charge in [-0.2, -0.15) is 0 Å². The van der Waals surface area contributed by atoms with E-state index in [0.717, 1.165) is 0 Å². The summed E-state index contributed by atoms with van der Waals surface area (Å²) < 4.78 is 18.7. The van der Waals surface area contributed by atoms with Gasteiger partial charge in [-0.1, -0.05) is 19.3 Å². The van der Waals surface area contributed by atoms with E-state index in [9.17, 15) is 14.5 Å². The van der Waals surface area contributed by atoms with E-state index in [1.807, 2.05) is 0 Å². The number of hydrogen-bond donors (Lipinski definition) is 6. The van der Waals surface area contributed by atoms with Gasteiger partial charge in [0, 0.05) is 6.04 Å². The predicted molar refractivity (Wildman–Crippen MR) is 76.8 cm³/mol. The van der Waals surface area contributed by atoms with Crippen LogP contribution in [0.25, 0.3) is 0 Å². The lowest BCUT2D eigenvalue weighted by atomic mass is 9.97. The Morgan fingerprint density at radius 2 is 1.87 bits per heavy atom. The maximum Gasteiger partial charge on any atom is 0.525 e. The van der Waals surface area contributed by atoms with Crippen LogP contribution in [0.3, 0.4) is 0 Å². The molecule has 10 nitrogen and oxygen atoms in total. The summed E-state index contributed by atoms with van der Waals surface area (Å²) in [5.74, 6) is -3.39. The number of nitrogens with two attached hydrogens (primary N) is 1. The zero-order chi connectivity index (χ0) is 17.6. The minimum absolute atomic E-state index is 0.536. The third-order valence-electron chi connectivity index (χ3n) is 3.32. The van der Waals surface area contributed by atoms with Gasteiger partial charge in [-0.3, -0.25) is 9.79 Å². The molecule has 0 bridgehead atoms. The SMILES string of the molecule is NC1CCCCC1.O=[13C]1O[13C@H]([13C@@H](O)[13CH2]O)[13C](O)=[13C]1OP(=O)(O)O. The molecule has 1 saturated carbocycles. The van der Waals surface area contributed by atoms with Gasteiger partial charge in [0.25, 0.3) is 5.76 Å². The minimum atomic E-state index is -5.02. The molecule has 0 spiro atoms. The van der Waals surface area contributed by atoms with E-state index in [1.54, 1.807) is 0 Å². The lowest BCUT2D eigenvalue weighted by molar-refractivity contribution is -0.147. The summed E-state index contributed by atoms with van der Waals surface area (Å²) >= 11 is 0. The van der Waals surface area contributed by atoms with Crippen molar-refractivity contribution in [3.05, 3.63) is 11.5 Å². The fraction of sp³-hybridized carbons (Fsp3) is 0.750. The van der Waals surface area contributed by atoms with Crippen LogP contribution < -0.4 is 5.73 Å². The number of ether oxygens (including phenoxy) is 1. The van der Waals surface area contributed by atoms with E-state index in [0.29, 0.717) is 6.04 Å². The molecule has 0 aromatic carbocycles. The number of aliphatic hydroxyl groups is 3. The van der Waals surface area contributed by atoms with Crippen LogP contribution in [0.15, 0.2) is 11.5 Å². The highest BCUT2D eigenvalue weighted by Crippen LogP contribution is 2.42. The van der Waals surface area contributed by atoms with Crippen molar-refractivity contribution >= 4 is 13.8 Å². The number of phosphoric ester groups is 1. The highest BCUT2D eigenvalue weighted by molar-refractivity contribution is 7.46. The van der Waals surface area contributed by atoms with Gasteiger partial charge in [-0.25, -0.2) is 9.36 Å². The quantitative estimate of drug-likeness (QED) is 0.215. The van der Waals surface area contributed by atoms with Crippen molar-refractivity contribution in [3.63, 3.8) is 0 Å². The molecule has 1 heterocycles. The molecule has 2 rings (SSSR count). The van der Waals surface area contributed by atoms with Gasteiger partial charge in [0.15, 0.2) is 11.9 Å². The maximum atomic E-state index is 11.0. The predicted octanol–water partition coefficient (Wildman–Crippen LogP) is -0.578. The number of esters is 1. The van der Waals surface area contributed by atoms with Crippen molar-refractivity contribution in [1.82, 2.24) is 0 Å². The molecule has 0 amide bonds. The van der Waals surface area contributed by atoms with Crippen molar-refractivity contribution in [2.75, 3.05) is 6.61 Å². The summed E-state index contributed by atoms with van der Waals surface area (Å²) in [5, 5.41) is 26.9. The normalized spacial score (nSPS) is 23.9. The van der Waals surface area contributed by atoms with Gasteiger partial charge in [-0.15, -0.1) is 0 Å². The molecule has 2 aliphatic rings. The zero-order valence-electron chi connectivity index (χ0n) is 12.4. The molecule has 0 aromatic rings. The van der Waals surface area contributed by atoms with Crippen LogP contribution in [0.2, 0.25) is 0 Å². The van der Waals surface area contributed by atoms with Gasteiger partial charge < -0.3 is 30.3 Å². The fourth-order valence-corrected chi connectivity index (χ4v) is 2.56. The zero-order valence-corrected chi connectivity index (χ0v) is 13.3. The molecule has 1 aliphatic heterocycles. The molecule has 2 atom stereocenters. The van der Waals surface area contributed by atoms with Crippen LogP contribution in [-0.4, -0.2) is 55.9 Å². The average molecular weight is 361 g/mol. The maximum absolute atomic E-state index is 11.0. The second-order valence-corrected chi connectivity index (χ2v) is 6.43. The van der Waals surface area contributed by atoms with Gasteiger partial charge in [-0.05, 0) is 12.8 Å². The molecule has 1 fully saturated rings. The average Bonchev–Trinajstić information content (AvgIpc) is 2.74. The van der Waals surface area contributed by atoms with Crippen molar-refractivity contribution < 1.29 is 43.7 Å². The van der Waals surface area contributed by atoms with Crippen LogP contribution in [-0.2, 0) is 18.6 Å². The van der Waals surface area contributed by atoms with E-state index in [4.69, 9.17) is 25.7 Å². The third kappa shape index (κ3) is 6.46. The molecule has 0 aromatic heterocycles. The molecule has 0 unspecified atom stereocenters. The molecule has 23 heavy (non-hydrogen) atoms. The van der Waals surface area contributed by atoms with E-state index in [2.05, 4.69) is 9.26 Å². The molecular weight excluding hydrogens is 339 g/mol. The standard InChI is InChI=1S/C6H13N.C6H9O9P/c7-6-4-2-1-3-5-6;7-1-2(8)4-3(9)5(6(10)14-4)15-16(11,12)13/h6H,1-5,7H2;2,4,7-9H,1H2,(H2,11,12,13)/t;2-,4+/m.0/s1/i;1+1,2+1,3+1,4+1,5+1,6+1.